The monoisotopic (exact) mass is 356 g/mol. The number of nitrogens with zero attached hydrogens (tertiary/aromatic N) is 4. The van der Waals surface area contributed by atoms with Crippen LogP contribution in [0.4, 0.5) is 0 Å². The molecule has 1 aliphatic heterocycles. The highest BCUT2D eigenvalue weighted by Crippen LogP contribution is 2.52. The molecule has 0 aromatic carbocycles. The van der Waals surface area contributed by atoms with E-state index >= 15 is 0 Å². The fraction of sp³-hybridized carbons (Fsp3) is 0.556. The van der Waals surface area contributed by atoms with Gasteiger partial charge in [0.25, 0.3) is 0 Å². The molecule has 1 saturated heterocycles. The summed E-state index contributed by atoms with van der Waals surface area (Å²) in [6.07, 6.45) is 8.82. The molecule has 4 rings (SSSR count). The number of amides is 2. The molecule has 2 aliphatic carbocycles. The number of guanidine groups is 1. The third kappa shape index (κ3) is 2.69. The lowest BCUT2D eigenvalue weighted by molar-refractivity contribution is -0.140. The standard InChI is InChI=1S/C18H24N6O2/c1-19-18(22-10-13-20-5-7-23(13)2)21-6-8-24-16(25)14-11-3-4-12(9-11)15(14)17(24)26/h3-5,7,11-12,14-15H,6,8-10H2,1-2H3,(H2,19,21,22). The number of imide groups is 1. The fourth-order valence-electron chi connectivity index (χ4n) is 4.42. The molecule has 2 N–H and O–H groups in total. The quantitative estimate of drug-likeness (QED) is 0.333. The predicted molar refractivity (Wildman–Crippen MR) is 95.8 cm³/mol. The van der Waals surface area contributed by atoms with Crippen molar-refractivity contribution in [2.75, 3.05) is 20.1 Å². The van der Waals surface area contributed by atoms with Crippen molar-refractivity contribution in [1.82, 2.24) is 25.1 Å². The van der Waals surface area contributed by atoms with Crippen molar-refractivity contribution >= 4 is 17.8 Å². The number of carbonyl (C=O) groups is 2. The molecule has 1 aromatic heterocycles. The fourth-order valence-corrected chi connectivity index (χ4v) is 4.42. The number of allylic oxidation sites excluding steroid dienone is 2. The molecular weight excluding hydrogens is 332 g/mol. The third-order valence-electron chi connectivity index (χ3n) is 5.75. The Bertz CT molecular complexity index is 752. The maximum Gasteiger partial charge on any atom is 0.233 e. The molecule has 3 aliphatic rings. The van der Waals surface area contributed by atoms with Gasteiger partial charge in [-0.2, -0.15) is 0 Å². The Hall–Kier alpha value is -2.64. The Morgan fingerprint density at radius 1 is 1.23 bits per heavy atom. The van der Waals surface area contributed by atoms with Gasteiger partial charge in [0, 0.05) is 39.6 Å². The van der Waals surface area contributed by atoms with Gasteiger partial charge in [-0.3, -0.25) is 19.5 Å². The lowest BCUT2D eigenvalue weighted by atomic mass is 9.85. The van der Waals surface area contributed by atoms with Crippen LogP contribution in [0.2, 0.25) is 0 Å². The Morgan fingerprint density at radius 2 is 1.92 bits per heavy atom. The molecule has 2 amide bonds. The van der Waals surface area contributed by atoms with Crippen LogP contribution in [-0.2, 0) is 23.2 Å². The second-order valence-corrected chi connectivity index (χ2v) is 7.13. The first-order valence-electron chi connectivity index (χ1n) is 9.04. The molecule has 2 heterocycles. The van der Waals surface area contributed by atoms with Gasteiger partial charge in [-0.05, 0) is 18.3 Å². The second kappa shape index (κ2) is 6.59. The maximum atomic E-state index is 12.6. The van der Waals surface area contributed by atoms with Crippen LogP contribution in [0, 0.1) is 23.7 Å². The number of aryl methyl sites for hydroxylation is 1. The number of carbonyl (C=O) groups excluding carboxylic acids is 2. The molecule has 0 radical (unpaired) electrons. The normalized spacial score (nSPS) is 29.6. The third-order valence-corrected chi connectivity index (χ3v) is 5.75. The number of nitrogens with one attached hydrogen (secondary N) is 2. The van der Waals surface area contributed by atoms with Crippen LogP contribution < -0.4 is 10.6 Å². The highest BCUT2D eigenvalue weighted by atomic mass is 16.2. The Kier molecular flexibility index (Phi) is 4.26. The topological polar surface area (TPSA) is 91.6 Å². The summed E-state index contributed by atoms with van der Waals surface area (Å²) in [6.45, 7) is 1.39. The second-order valence-electron chi connectivity index (χ2n) is 7.13. The van der Waals surface area contributed by atoms with E-state index in [2.05, 4.69) is 32.8 Å². The summed E-state index contributed by atoms with van der Waals surface area (Å²) in [6, 6.07) is 0. The minimum atomic E-state index is -0.127. The number of hydrogen-bond donors (Lipinski definition) is 2. The van der Waals surface area contributed by atoms with Crippen LogP contribution in [0.1, 0.15) is 12.2 Å². The molecular formula is C18H24N6O2. The van der Waals surface area contributed by atoms with Crippen LogP contribution in [-0.4, -0.2) is 52.4 Å². The van der Waals surface area contributed by atoms with E-state index in [4.69, 9.17) is 0 Å². The lowest BCUT2D eigenvalue weighted by Crippen LogP contribution is -2.43. The average molecular weight is 356 g/mol. The van der Waals surface area contributed by atoms with Gasteiger partial charge in [0.15, 0.2) is 5.96 Å². The molecule has 8 heteroatoms. The minimum Gasteiger partial charge on any atom is -0.355 e. The first-order valence-corrected chi connectivity index (χ1v) is 9.04. The zero-order valence-corrected chi connectivity index (χ0v) is 15.1. The summed E-state index contributed by atoms with van der Waals surface area (Å²) in [4.78, 5) is 35.1. The smallest absolute Gasteiger partial charge is 0.233 e. The van der Waals surface area contributed by atoms with Crippen LogP contribution in [0.15, 0.2) is 29.5 Å². The summed E-state index contributed by atoms with van der Waals surface area (Å²) < 4.78 is 1.93. The molecule has 2 fully saturated rings. The number of aliphatic imine (C=N–C) groups is 1. The van der Waals surface area contributed by atoms with Crippen molar-refractivity contribution < 1.29 is 9.59 Å². The van der Waals surface area contributed by atoms with Gasteiger partial charge in [0.1, 0.15) is 5.82 Å². The number of imidazole rings is 1. The van der Waals surface area contributed by atoms with Crippen molar-refractivity contribution in [3.05, 3.63) is 30.4 Å². The summed E-state index contributed by atoms with van der Waals surface area (Å²) in [5.74, 6) is 1.77. The van der Waals surface area contributed by atoms with E-state index in [1.165, 1.54) is 4.90 Å². The van der Waals surface area contributed by atoms with Gasteiger partial charge in [0.2, 0.25) is 11.8 Å². The Balaban J connectivity index is 1.28. The minimum absolute atomic E-state index is 0.00499. The van der Waals surface area contributed by atoms with Gasteiger partial charge in [0.05, 0.1) is 18.4 Å². The summed E-state index contributed by atoms with van der Waals surface area (Å²) in [7, 11) is 3.62. The highest BCUT2D eigenvalue weighted by Gasteiger charge is 2.58. The average Bonchev–Trinajstić information content (AvgIpc) is 3.39. The van der Waals surface area contributed by atoms with Crippen molar-refractivity contribution in [3.8, 4) is 0 Å². The van der Waals surface area contributed by atoms with E-state index in [1.807, 2.05) is 17.8 Å². The number of likely N-dealkylation sites (tertiary alicyclic amines) is 1. The molecule has 2 bridgehead atoms. The first-order chi connectivity index (χ1) is 12.6. The van der Waals surface area contributed by atoms with Crippen molar-refractivity contribution in [1.29, 1.82) is 0 Å². The molecule has 8 nitrogen and oxygen atoms in total. The SMILES string of the molecule is CN=C(NCCN1C(=O)C2C3C=CC(C3)C2C1=O)NCc1nccn1C. The van der Waals surface area contributed by atoms with Gasteiger partial charge < -0.3 is 15.2 Å². The van der Waals surface area contributed by atoms with Crippen molar-refractivity contribution in [2.45, 2.75) is 13.0 Å². The number of rotatable bonds is 5. The van der Waals surface area contributed by atoms with Crippen LogP contribution in [0.25, 0.3) is 0 Å². The molecule has 4 atom stereocenters. The van der Waals surface area contributed by atoms with Crippen LogP contribution in [0.5, 0.6) is 0 Å². The van der Waals surface area contributed by atoms with E-state index in [0.717, 1.165) is 12.2 Å². The number of hydrogen-bond acceptors (Lipinski definition) is 4. The Labute approximate surface area is 152 Å². The zero-order chi connectivity index (χ0) is 18.3. The summed E-state index contributed by atoms with van der Waals surface area (Å²) in [5.41, 5.74) is 0. The molecule has 0 spiro atoms. The Morgan fingerprint density at radius 3 is 2.50 bits per heavy atom. The van der Waals surface area contributed by atoms with Crippen molar-refractivity contribution in [2.24, 2.45) is 35.7 Å². The van der Waals surface area contributed by atoms with Gasteiger partial charge in [-0.25, -0.2) is 4.98 Å². The van der Waals surface area contributed by atoms with E-state index < -0.39 is 0 Å². The molecule has 26 heavy (non-hydrogen) atoms. The summed E-state index contributed by atoms with van der Waals surface area (Å²) >= 11 is 0. The van der Waals surface area contributed by atoms with Gasteiger partial charge in [-0.1, -0.05) is 12.2 Å². The molecule has 1 aromatic rings. The van der Waals surface area contributed by atoms with E-state index in [0.29, 0.717) is 25.6 Å². The predicted octanol–water partition coefficient (Wildman–Crippen LogP) is -0.108. The van der Waals surface area contributed by atoms with E-state index in [1.54, 1.807) is 13.2 Å². The molecule has 4 unspecified atom stereocenters. The van der Waals surface area contributed by atoms with Crippen molar-refractivity contribution in [3.63, 3.8) is 0 Å². The zero-order valence-electron chi connectivity index (χ0n) is 15.1. The highest BCUT2D eigenvalue weighted by molar-refractivity contribution is 6.06. The lowest BCUT2D eigenvalue weighted by Gasteiger charge is -2.18. The summed E-state index contributed by atoms with van der Waals surface area (Å²) in [5, 5.41) is 6.34. The number of aromatic nitrogens is 2. The molecule has 1 saturated carbocycles. The van der Waals surface area contributed by atoms with E-state index in [9.17, 15) is 9.59 Å². The van der Waals surface area contributed by atoms with Gasteiger partial charge in [-0.15, -0.1) is 0 Å². The van der Waals surface area contributed by atoms with Crippen LogP contribution >= 0.6 is 0 Å². The van der Waals surface area contributed by atoms with Gasteiger partial charge >= 0.3 is 0 Å². The number of fused-ring (bicyclic) bond motifs is 5. The van der Waals surface area contributed by atoms with E-state index in [-0.39, 0.29) is 35.5 Å². The molecule has 138 valence electrons. The first kappa shape index (κ1) is 16.8. The largest absolute Gasteiger partial charge is 0.355 e. The maximum absolute atomic E-state index is 12.6. The van der Waals surface area contributed by atoms with Crippen LogP contribution in [0.3, 0.4) is 0 Å².